The Balaban J connectivity index is 1.48. The highest BCUT2D eigenvalue weighted by Crippen LogP contribution is 2.13. The van der Waals surface area contributed by atoms with Crippen LogP contribution in [0.1, 0.15) is 17.1 Å². The van der Waals surface area contributed by atoms with Crippen LogP contribution in [-0.2, 0) is 6.54 Å². The van der Waals surface area contributed by atoms with Crippen molar-refractivity contribution in [1.29, 1.82) is 0 Å². The number of hydrogen-bond donors (Lipinski definition) is 0. The number of hydrogen-bond acceptors (Lipinski definition) is 4. The van der Waals surface area contributed by atoms with Crippen molar-refractivity contribution in [3.8, 4) is 0 Å². The lowest BCUT2D eigenvalue weighted by atomic mass is 10.2. The van der Waals surface area contributed by atoms with Crippen LogP contribution in [0.4, 0.5) is 0 Å². The quantitative estimate of drug-likeness (QED) is 0.810. The lowest BCUT2D eigenvalue weighted by Gasteiger charge is -2.32. The van der Waals surface area contributed by atoms with E-state index in [0.29, 0.717) is 0 Å². The molecule has 1 aromatic heterocycles. The van der Waals surface area contributed by atoms with Gasteiger partial charge in [-0.25, -0.2) is 0 Å². The molecule has 3 rings (SSSR count). The molecular formula is C17H20ClN3O. The van der Waals surface area contributed by atoms with E-state index < -0.39 is 0 Å². The summed E-state index contributed by atoms with van der Waals surface area (Å²) in [6, 6.07) is 12.0. The largest absolute Gasteiger partial charge is 0.460 e. The number of benzene rings is 1. The topological polar surface area (TPSA) is 32.0 Å². The van der Waals surface area contributed by atoms with Gasteiger partial charge < -0.3 is 4.42 Å². The minimum atomic E-state index is 0.788. The van der Waals surface area contributed by atoms with E-state index in [9.17, 15) is 0 Å². The van der Waals surface area contributed by atoms with Gasteiger partial charge in [0.15, 0.2) is 0 Å². The van der Waals surface area contributed by atoms with Gasteiger partial charge in [-0.05, 0) is 36.8 Å². The summed E-state index contributed by atoms with van der Waals surface area (Å²) in [5.74, 6) is 1.72. The first-order valence-corrected chi connectivity index (χ1v) is 7.89. The molecule has 0 saturated carbocycles. The Kier molecular flexibility index (Phi) is 4.80. The third-order valence-electron chi connectivity index (χ3n) is 3.78. The van der Waals surface area contributed by atoms with Crippen LogP contribution in [0.25, 0.3) is 0 Å². The van der Waals surface area contributed by atoms with Crippen molar-refractivity contribution in [2.75, 3.05) is 26.2 Å². The Hall–Kier alpha value is -1.78. The van der Waals surface area contributed by atoms with Gasteiger partial charge in [-0.1, -0.05) is 23.7 Å². The zero-order valence-corrected chi connectivity index (χ0v) is 13.5. The molecule has 22 heavy (non-hydrogen) atoms. The predicted molar refractivity (Wildman–Crippen MR) is 89.3 cm³/mol. The molecule has 0 atom stereocenters. The van der Waals surface area contributed by atoms with Crippen molar-refractivity contribution in [3.05, 3.63) is 58.5 Å². The fourth-order valence-electron chi connectivity index (χ4n) is 2.52. The van der Waals surface area contributed by atoms with E-state index in [1.165, 1.54) is 5.56 Å². The molecule has 0 spiro atoms. The van der Waals surface area contributed by atoms with Crippen molar-refractivity contribution < 1.29 is 4.42 Å². The van der Waals surface area contributed by atoms with Gasteiger partial charge in [-0.3, -0.25) is 9.91 Å². The number of halogens is 1. The highest BCUT2D eigenvalue weighted by atomic mass is 35.5. The van der Waals surface area contributed by atoms with E-state index >= 15 is 0 Å². The average Bonchev–Trinajstić information content (AvgIpc) is 2.94. The van der Waals surface area contributed by atoms with Crippen LogP contribution in [0.2, 0.25) is 5.02 Å². The monoisotopic (exact) mass is 317 g/mol. The number of piperazine rings is 1. The molecule has 1 aliphatic rings. The standard InChI is InChI=1S/C17H20ClN3O/c1-14-2-7-17(22-14)12-19-21-10-8-20(9-11-21)13-15-3-5-16(18)6-4-15/h2-7,12H,8-11,13H2,1H3/b19-12-. The van der Waals surface area contributed by atoms with Gasteiger partial charge in [0.05, 0.1) is 6.21 Å². The first kappa shape index (κ1) is 15.1. The second-order valence-corrected chi connectivity index (χ2v) is 5.99. The van der Waals surface area contributed by atoms with Crippen LogP contribution in [0, 0.1) is 6.92 Å². The first-order valence-electron chi connectivity index (χ1n) is 7.51. The van der Waals surface area contributed by atoms with Crippen LogP contribution in [0.5, 0.6) is 0 Å². The van der Waals surface area contributed by atoms with Crippen LogP contribution < -0.4 is 0 Å². The molecule has 0 amide bonds. The summed E-state index contributed by atoms with van der Waals surface area (Å²) in [6.07, 6.45) is 1.79. The van der Waals surface area contributed by atoms with Crippen LogP contribution in [0.15, 0.2) is 45.9 Å². The summed E-state index contributed by atoms with van der Waals surface area (Å²) in [7, 11) is 0. The maximum atomic E-state index is 5.92. The number of hydrazone groups is 1. The SMILES string of the molecule is Cc1ccc(/C=N\N2CCN(Cc3ccc(Cl)cc3)CC2)o1. The Labute approximate surface area is 136 Å². The Morgan fingerprint density at radius 2 is 1.82 bits per heavy atom. The first-order chi connectivity index (χ1) is 10.7. The molecule has 1 aromatic carbocycles. The van der Waals surface area contributed by atoms with Gasteiger partial charge >= 0.3 is 0 Å². The van der Waals surface area contributed by atoms with E-state index in [0.717, 1.165) is 49.3 Å². The summed E-state index contributed by atoms with van der Waals surface area (Å²) in [5.41, 5.74) is 1.30. The molecule has 2 heterocycles. The van der Waals surface area contributed by atoms with Crippen molar-refractivity contribution >= 4 is 17.8 Å². The van der Waals surface area contributed by atoms with Gasteiger partial charge in [-0.2, -0.15) is 5.10 Å². The van der Waals surface area contributed by atoms with E-state index in [2.05, 4.69) is 27.1 Å². The van der Waals surface area contributed by atoms with Crippen LogP contribution in [0.3, 0.4) is 0 Å². The van der Waals surface area contributed by atoms with E-state index in [4.69, 9.17) is 16.0 Å². The molecule has 0 bridgehead atoms. The van der Waals surface area contributed by atoms with E-state index in [1.807, 2.05) is 31.2 Å². The maximum Gasteiger partial charge on any atom is 0.147 e. The fraction of sp³-hybridized carbons (Fsp3) is 0.353. The molecule has 1 fully saturated rings. The average molecular weight is 318 g/mol. The Morgan fingerprint density at radius 3 is 2.45 bits per heavy atom. The summed E-state index contributed by atoms with van der Waals surface area (Å²) >= 11 is 5.92. The van der Waals surface area contributed by atoms with Crippen LogP contribution in [-0.4, -0.2) is 42.3 Å². The zero-order valence-electron chi connectivity index (χ0n) is 12.7. The van der Waals surface area contributed by atoms with E-state index in [1.54, 1.807) is 6.21 Å². The summed E-state index contributed by atoms with van der Waals surface area (Å²) in [5, 5.41) is 7.37. The number of furan rings is 1. The molecule has 1 saturated heterocycles. The maximum absolute atomic E-state index is 5.92. The van der Waals surface area contributed by atoms with Crippen molar-refractivity contribution in [2.45, 2.75) is 13.5 Å². The molecule has 0 unspecified atom stereocenters. The summed E-state index contributed by atoms with van der Waals surface area (Å²) in [6.45, 7) is 6.79. The van der Waals surface area contributed by atoms with Gasteiger partial charge in [0.25, 0.3) is 0 Å². The lowest BCUT2D eigenvalue weighted by Crippen LogP contribution is -2.43. The molecule has 2 aromatic rings. The third-order valence-corrected chi connectivity index (χ3v) is 4.03. The van der Waals surface area contributed by atoms with E-state index in [-0.39, 0.29) is 0 Å². The van der Waals surface area contributed by atoms with Gasteiger partial charge in [0, 0.05) is 37.7 Å². The number of rotatable bonds is 4. The van der Waals surface area contributed by atoms with Crippen LogP contribution >= 0.6 is 11.6 Å². The summed E-state index contributed by atoms with van der Waals surface area (Å²) in [4.78, 5) is 2.44. The van der Waals surface area contributed by atoms with Crippen molar-refractivity contribution in [1.82, 2.24) is 9.91 Å². The molecule has 116 valence electrons. The minimum Gasteiger partial charge on any atom is -0.460 e. The third kappa shape index (κ3) is 4.12. The fourth-order valence-corrected chi connectivity index (χ4v) is 2.65. The summed E-state index contributed by atoms with van der Waals surface area (Å²) < 4.78 is 5.49. The lowest BCUT2D eigenvalue weighted by molar-refractivity contribution is 0.131. The van der Waals surface area contributed by atoms with Gasteiger partial charge in [0.2, 0.25) is 0 Å². The number of nitrogens with zero attached hydrogens (tertiary/aromatic N) is 3. The molecule has 0 aliphatic carbocycles. The molecule has 4 nitrogen and oxygen atoms in total. The predicted octanol–water partition coefficient (Wildman–Crippen LogP) is 3.39. The molecule has 5 heteroatoms. The van der Waals surface area contributed by atoms with Crippen molar-refractivity contribution in [3.63, 3.8) is 0 Å². The Morgan fingerprint density at radius 1 is 1.09 bits per heavy atom. The molecule has 0 radical (unpaired) electrons. The molecule has 0 N–H and O–H groups in total. The highest BCUT2D eigenvalue weighted by molar-refractivity contribution is 6.30. The normalized spacial score (nSPS) is 16.5. The number of aryl methyl sites for hydroxylation is 1. The van der Waals surface area contributed by atoms with Gasteiger partial charge in [-0.15, -0.1) is 0 Å². The zero-order chi connectivity index (χ0) is 15.4. The second kappa shape index (κ2) is 6.99. The second-order valence-electron chi connectivity index (χ2n) is 5.55. The Bertz CT molecular complexity index is 628. The highest BCUT2D eigenvalue weighted by Gasteiger charge is 2.15. The molecule has 1 aliphatic heterocycles. The smallest absolute Gasteiger partial charge is 0.147 e. The van der Waals surface area contributed by atoms with Gasteiger partial charge in [0.1, 0.15) is 11.5 Å². The van der Waals surface area contributed by atoms with Crippen molar-refractivity contribution in [2.24, 2.45) is 5.10 Å². The molecular weight excluding hydrogens is 298 g/mol. The minimum absolute atomic E-state index is 0.788.